The van der Waals surface area contributed by atoms with Crippen molar-refractivity contribution in [2.75, 3.05) is 0 Å². The van der Waals surface area contributed by atoms with Crippen LogP contribution in [0.15, 0.2) is 168 Å². The van der Waals surface area contributed by atoms with Crippen molar-refractivity contribution < 1.29 is 28.6 Å². The fourth-order valence-electron chi connectivity index (χ4n) is 9.09. The minimum absolute atomic E-state index is 0. The standard InChI is InChI=1S/C46H37N2O.C15H16N.Ir/c1-27(2)37-24-33(30-12-7-6-8-13-30)25-38(28(3)4)44(37)48-42-22-29(5)18-21-41(42)47-46(48)36-17-11-16-35-40-23-32-20-19-31-14-9-10-15-34(31)39(32)26-43(40)49-45(35)36;1-15(2,3)13-9-10-16-14(11-13)12-7-5-4-6-8-12;/h6-16,18-28H,1-5H3;4-7,9-11H,1-3H3;/q2*-1;/i5D3;;. The third-order valence-electron chi connectivity index (χ3n) is 12.5. The number of furan rings is 1. The second-order valence-electron chi connectivity index (χ2n) is 18.7. The van der Waals surface area contributed by atoms with Gasteiger partial charge in [0, 0.05) is 41.5 Å². The number of aryl methyl sites for hydroxylation is 1. The van der Waals surface area contributed by atoms with Gasteiger partial charge < -0.3 is 14.0 Å². The fourth-order valence-corrected chi connectivity index (χ4v) is 9.09. The zero-order valence-electron chi connectivity index (χ0n) is 41.3. The SMILES string of the molecule is CC(C)(C)c1ccnc(-c2[c-]cccc2)c1.[2H]C([2H])([2H])c1ccc2nc(-c3[c-]ccc4c3oc3cc5c(ccc6ccccc65)cc34)n(-c3c(C(C)C)cc(-c4ccccc4)cc3C(C)C)c2c1.[Ir]. The summed E-state index contributed by atoms with van der Waals surface area (Å²) in [4.78, 5) is 9.66. The Labute approximate surface area is 405 Å². The van der Waals surface area contributed by atoms with Crippen LogP contribution in [-0.4, -0.2) is 14.5 Å². The average molecular weight is 1040 g/mol. The van der Waals surface area contributed by atoms with Gasteiger partial charge >= 0.3 is 0 Å². The predicted molar refractivity (Wildman–Crippen MR) is 273 cm³/mol. The Morgan fingerprint density at radius 2 is 1.38 bits per heavy atom. The fraction of sp³-hybridized carbons (Fsp3) is 0.180. The Balaban J connectivity index is 0.000000296. The van der Waals surface area contributed by atoms with Crippen LogP contribution in [0.5, 0.6) is 0 Å². The van der Waals surface area contributed by atoms with Gasteiger partial charge in [0.05, 0.1) is 22.4 Å². The normalized spacial score (nSPS) is 12.7. The number of pyridine rings is 1. The summed E-state index contributed by atoms with van der Waals surface area (Å²) in [5.74, 6) is 0.967. The van der Waals surface area contributed by atoms with Gasteiger partial charge in [-0.15, -0.1) is 54.1 Å². The maximum absolute atomic E-state index is 8.30. The molecule has 1 radical (unpaired) electrons. The summed E-state index contributed by atoms with van der Waals surface area (Å²) in [5, 5.41) is 6.66. The number of imidazole rings is 1. The summed E-state index contributed by atoms with van der Waals surface area (Å²) in [6, 6.07) is 60.3. The van der Waals surface area contributed by atoms with Crippen molar-refractivity contribution in [3.05, 3.63) is 198 Å². The van der Waals surface area contributed by atoms with Gasteiger partial charge in [-0.2, -0.15) is 0 Å². The molecule has 0 amide bonds. The van der Waals surface area contributed by atoms with Crippen molar-refractivity contribution in [1.82, 2.24) is 14.5 Å². The minimum Gasteiger partial charge on any atom is -0.501 e. The molecule has 3 heterocycles. The molecule has 329 valence electrons. The van der Waals surface area contributed by atoms with Crippen molar-refractivity contribution in [2.45, 2.75) is 72.6 Å². The van der Waals surface area contributed by atoms with Crippen LogP contribution < -0.4 is 0 Å². The van der Waals surface area contributed by atoms with Gasteiger partial charge in [-0.25, -0.2) is 0 Å². The smallest absolute Gasteiger partial charge is 0.121 e. The number of rotatable bonds is 6. The molecule has 0 aliphatic rings. The summed E-state index contributed by atoms with van der Waals surface area (Å²) in [6.45, 7) is 13.2. The van der Waals surface area contributed by atoms with E-state index in [4.69, 9.17) is 13.5 Å². The van der Waals surface area contributed by atoms with Crippen molar-refractivity contribution in [2.24, 2.45) is 0 Å². The van der Waals surface area contributed by atoms with Crippen molar-refractivity contribution >= 4 is 54.5 Å². The van der Waals surface area contributed by atoms with E-state index in [2.05, 4.69) is 173 Å². The first-order valence-electron chi connectivity index (χ1n) is 24.0. The Bertz CT molecular complexity index is 3630. The van der Waals surface area contributed by atoms with Crippen LogP contribution in [0.4, 0.5) is 0 Å². The maximum Gasteiger partial charge on any atom is 0.121 e. The molecule has 0 N–H and O–H groups in total. The number of benzene rings is 8. The van der Waals surface area contributed by atoms with Crippen LogP contribution in [-0.2, 0) is 25.5 Å². The van der Waals surface area contributed by atoms with Gasteiger partial charge in [0.25, 0.3) is 0 Å². The summed E-state index contributed by atoms with van der Waals surface area (Å²) in [5.41, 5.74) is 13.1. The topological polar surface area (TPSA) is 43.9 Å². The molecule has 0 unspecified atom stereocenters. The van der Waals surface area contributed by atoms with Crippen LogP contribution in [0.1, 0.15) is 86.7 Å². The second kappa shape index (κ2) is 18.0. The molecule has 8 aromatic carbocycles. The third-order valence-corrected chi connectivity index (χ3v) is 12.5. The Kier molecular flexibility index (Phi) is 11.1. The number of aromatic nitrogens is 3. The summed E-state index contributed by atoms with van der Waals surface area (Å²) >= 11 is 0. The van der Waals surface area contributed by atoms with Crippen LogP contribution in [0, 0.1) is 19.0 Å². The van der Waals surface area contributed by atoms with E-state index in [-0.39, 0.29) is 42.9 Å². The largest absolute Gasteiger partial charge is 0.501 e. The first-order valence-corrected chi connectivity index (χ1v) is 22.5. The van der Waals surface area contributed by atoms with Gasteiger partial charge in [-0.1, -0.05) is 138 Å². The quantitative estimate of drug-likeness (QED) is 0.123. The molecule has 4 nitrogen and oxygen atoms in total. The molecule has 5 heteroatoms. The molecule has 0 fully saturated rings. The molecule has 11 rings (SSSR count). The molecule has 3 aromatic heterocycles. The van der Waals surface area contributed by atoms with E-state index in [9.17, 15) is 0 Å². The zero-order valence-corrected chi connectivity index (χ0v) is 40.7. The Hall–Kier alpha value is -6.65. The van der Waals surface area contributed by atoms with Crippen molar-refractivity contribution in [1.29, 1.82) is 0 Å². The third kappa shape index (κ3) is 8.27. The first kappa shape index (κ1) is 40.8. The molecule has 11 aromatic rings. The summed E-state index contributed by atoms with van der Waals surface area (Å²) < 4.78 is 33.9. The van der Waals surface area contributed by atoms with E-state index in [1.165, 1.54) is 16.3 Å². The molecule has 0 saturated heterocycles. The van der Waals surface area contributed by atoms with Gasteiger partial charge in [-0.3, -0.25) is 4.98 Å². The van der Waals surface area contributed by atoms with E-state index < -0.39 is 6.85 Å². The van der Waals surface area contributed by atoms with Crippen LogP contribution in [0.25, 0.3) is 94.0 Å². The Morgan fingerprint density at radius 3 is 2.11 bits per heavy atom. The average Bonchev–Trinajstić information content (AvgIpc) is 3.91. The molecule has 0 bridgehead atoms. The van der Waals surface area contributed by atoms with E-state index in [1.807, 2.05) is 48.7 Å². The molecular formula is C61H53IrN3O-2. The summed E-state index contributed by atoms with van der Waals surface area (Å²) in [6.07, 6.45) is 1.87. The maximum atomic E-state index is 8.30. The number of fused-ring (bicyclic) bond motifs is 7. The van der Waals surface area contributed by atoms with Gasteiger partial charge in [-0.05, 0) is 127 Å². The molecule has 0 aliphatic carbocycles. The second-order valence-corrected chi connectivity index (χ2v) is 18.7. The van der Waals surface area contributed by atoms with Crippen molar-refractivity contribution in [3.63, 3.8) is 0 Å². The number of hydrogen-bond acceptors (Lipinski definition) is 3. The van der Waals surface area contributed by atoms with E-state index in [0.717, 1.165) is 77.4 Å². The van der Waals surface area contributed by atoms with Gasteiger partial charge in [0.1, 0.15) is 5.58 Å². The molecule has 0 spiro atoms. The molecule has 0 aliphatic heterocycles. The van der Waals surface area contributed by atoms with Gasteiger partial charge in [0.2, 0.25) is 0 Å². The van der Waals surface area contributed by atoms with Gasteiger partial charge in [0.15, 0.2) is 0 Å². The first-order chi connectivity index (χ1) is 32.6. The Morgan fingerprint density at radius 1 is 0.636 bits per heavy atom. The predicted octanol–water partition coefficient (Wildman–Crippen LogP) is 16.8. The zero-order chi connectivity index (χ0) is 47.5. The van der Waals surface area contributed by atoms with Crippen LogP contribution >= 0.6 is 0 Å². The van der Waals surface area contributed by atoms with Crippen LogP contribution in [0.2, 0.25) is 0 Å². The summed E-state index contributed by atoms with van der Waals surface area (Å²) in [7, 11) is 0. The minimum atomic E-state index is -2.28. The molecule has 0 saturated carbocycles. The number of hydrogen-bond donors (Lipinski definition) is 0. The number of nitrogens with zero attached hydrogens (tertiary/aromatic N) is 3. The van der Waals surface area contributed by atoms with E-state index in [0.29, 0.717) is 16.9 Å². The monoisotopic (exact) mass is 1040 g/mol. The van der Waals surface area contributed by atoms with E-state index >= 15 is 0 Å². The molecule has 0 atom stereocenters. The molecule has 66 heavy (non-hydrogen) atoms. The van der Waals surface area contributed by atoms with Crippen molar-refractivity contribution in [3.8, 4) is 39.5 Å². The molecular weight excluding hydrogens is 983 g/mol. The van der Waals surface area contributed by atoms with Crippen LogP contribution in [0.3, 0.4) is 0 Å². The van der Waals surface area contributed by atoms with E-state index in [1.54, 1.807) is 12.1 Å².